The average Bonchev–Trinajstić information content (AvgIpc) is 2.92. The molecule has 2 atom stereocenters. The molecule has 0 amide bonds. The number of hydrogen-bond donors (Lipinski definition) is 1. The van der Waals surface area contributed by atoms with Gasteiger partial charge in [-0.1, -0.05) is 12.1 Å². The second kappa shape index (κ2) is 3.07. The molecule has 0 spiro atoms. The maximum atomic E-state index is 10.8. The Morgan fingerprint density at radius 2 is 2.38 bits per heavy atom. The predicted octanol–water partition coefficient (Wildman–Crippen LogP) is 2.32. The predicted molar refractivity (Wildman–Crippen MR) is 57.2 cm³/mol. The van der Waals surface area contributed by atoms with Crippen LogP contribution in [0.4, 0.5) is 0 Å². The molecule has 1 aliphatic carbocycles. The van der Waals surface area contributed by atoms with Crippen LogP contribution in [-0.2, 0) is 4.79 Å². The van der Waals surface area contributed by atoms with Gasteiger partial charge in [-0.25, -0.2) is 4.98 Å². The number of aliphatic carboxylic acids is 1. The molecule has 2 aromatic rings. The summed E-state index contributed by atoms with van der Waals surface area (Å²) in [4.78, 5) is 15.1. The molecule has 16 heavy (non-hydrogen) atoms. The van der Waals surface area contributed by atoms with Crippen LogP contribution in [0.15, 0.2) is 22.6 Å². The van der Waals surface area contributed by atoms with Crippen LogP contribution in [0.5, 0.6) is 0 Å². The molecule has 1 heterocycles. The number of carboxylic acids is 1. The summed E-state index contributed by atoms with van der Waals surface area (Å²) in [6, 6.07) is 5.74. The van der Waals surface area contributed by atoms with Crippen LogP contribution in [0.2, 0.25) is 0 Å². The minimum Gasteiger partial charge on any atom is -0.481 e. The first-order valence-electron chi connectivity index (χ1n) is 5.25. The molecule has 82 valence electrons. The summed E-state index contributed by atoms with van der Waals surface area (Å²) < 4.78 is 5.58. The molecule has 3 rings (SSSR count). The number of carboxylic acid groups (broad SMARTS) is 1. The van der Waals surface area contributed by atoms with Crippen LogP contribution in [0.3, 0.4) is 0 Å². The SMILES string of the molecule is Cc1cccc2oc(C3CC3C(=O)O)nc12. The fourth-order valence-electron chi connectivity index (χ4n) is 2.00. The molecule has 0 aliphatic heterocycles. The zero-order valence-corrected chi connectivity index (χ0v) is 8.80. The maximum Gasteiger partial charge on any atom is 0.307 e. The molecule has 0 bridgehead atoms. The van der Waals surface area contributed by atoms with E-state index in [0.717, 1.165) is 16.7 Å². The lowest BCUT2D eigenvalue weighted by molar-refractivity contribution is -0.138. The maximum absolute atomic E-state index is 10.8. The molecule has 2 unspecified atom stereocenters. The first kappa shape index (κ1) is 9.39. The van der Waals surface area contributed by atoms with E-state index in [9.17, 15) is 4.79 Å². The number of nitrogens with zero attached hydrogens (tertiary/aromatic N) is 1. The molecular formula is C12H11NO3. The third kappa shape index (κ3) is 1.30. The minimum absolute atomic E-state index is 0.0377. The van der Waals surface area contributed by atoms with Crippen molar-refractivity contribution in [1.82, 2.24) is 4.98 Å². The molecule has 4 nitrogen and oxygen atoms in total. The summed E-state index contributed by atoms with van der Waals surface area (Å²) in [5.74, 6) is -0.543. The number of aryl methyl sites for hydroxylation is 1. The van der Waals surface area contributed by atoms with Gasteiger partial charge in [-0.3, -0.25) is 4.79 Å². The summed E-state index contributed by atoms with van der Waals surface area (Å²) in [5.41, 5.74) is 2.64. The fourth-order valence-corrected chi connectivity index (χ4v) is 2.00. The first-order valence-corrected chi connectivity index (χ1v) is 5.25. The highest BCUT2D eigenvalue weighted by molar-refractivity contribution is 5.78. The lowest BCUT2D eigenvalue weighted by atomic mass is 10.2. The Morgan fingerprint density at radius 1 is 1.56 bits per heavy atom. The van der Waals surface area contributed by atoms with Gasteiger partial charge in [0.2, 0.25) is 0 Å². The quantitative estimate of drug-likeness (QED) is 0.838. The van der Waals surface area contributed by atoms with Gasteiger partial charge >= 0.3 is 5.97 Å². The van der Waals surface area contributed by atoms with Gasteiger partial charge < -0.3 is 9.52 Å². The first-order chi connectivity index (χ1) is 7.66. The Hall–Kier alpha value is -1.84. The average molecular weight is 217 g/mol. The number of hydrogen-bond acceptors (Lipinski definition) is 3. The van der Waals surface area contributed by atoms with E-state index in [1.54, 1.807) is 0 Å². The number of benzene rings is 1. The Morgan fingerprint density at radius 3 is 3.00 bits per heavy atom. The Kier molecular flexibility index (Phi) is 1.80. The molecule has 4 heteroatoms. The number of rotatable bonds is 2. The third-order valence-electron chi connectivity index (χ3n) is 3.06. The summed E-state index contributed by atoms with van der Waals surface area (Å²) in [6.07, 6.45) is 0.640. The van der Waals surface area contributed by atoms with Gasteiger partial charge in [0.25, 0.3) is 0 Å². The number of fused-ring (bicyclic) bond motifs is 1. The van der Waals surface area contributed by atoms with Gasteiger partial charge in [-0.2, -0.15) is 0 Å². The van der Waals surface area contributed by atoms with Crippen LogP contribution >= 0.6 is 0 Å². The van der Waals surface area contributed by atoms with E-state index in [1.165, 1.54) is 0 Å². The molecule has 0 saturated heterocycles. The van der Waals surface area contributed by atoms with Crippen LogP contribution in [-0.4, -0.2) is 16.1 Å². The van der Waals surface area contributed by atoms with Crippen molar-refractivity contribution in [3.8, 4) is 0 Å². The highest BCUT2D eigenvalue weighted by Crippen LogP contribution is 2.47. The van der Waals surface area contributed by atoms with E-state index >= 15 is 0 Å². The standard InChI is InChI=1S/C12H11NO3/c1-6-3-2-4-9-10(6)13-11(16-9)7-5-8(7)12(14)15/h2-4,7-8H,5H2,1H3,(H,14,15). The van der Waals surface area contributed by atoms with Gasteiger partial charge in [-0.05, 0) is 25.0 Å². The zero-order chi connectivity index (χ0) is 11.3. The lowest BCUT2D eigenvalue weighted by Gasteiger charge is -1.88. The summed E-state index contributed by atoms with van der Waals surface area (Å²) in [7, 11) is 0. The Bertz CT molecular complexity index is 573. The highest BCUT2D eigenvalue weighted by atomic mass is 16.4. The van der Waals surface area contributed by atoms with Crippen molar-refractivity contribution >= 4 is 17.1 Å². The van der Waals surface area contributed by atoms with E-state index in [1.807, 2.05) is 25.1 Å². The van der Waals surface area contributed by atoms with E-state index < -0.39 is 5.97 Å². The van der Waals surface area contributed by atoms with E-state index in [-0.39, 0.29) is 11.8 Å². The lowest BCUT2D eigenvalue weighted by Crippen LogP contribution is -1.98. The van der Waals surface area contributed by atoms with E-state index in [0.29, 0.717) is 12.3 Å². The molecule has 1 aromatic heterocycles. The number of aromatic nitrogens is 1. The van der Waals surface area contributed by atoms with Crippen LogP contribution in [0, 0.1) is 12.8 Å². The van der Waals surface area contributed by atoms with E-state index in [4.69, 9.17) is 9.52 Å². The number of para-hydroxylation sites is 1. The van der Waals surface area contributed by atoms with Gasteiger partial charge in [-0.15, -0.1) is 0 Å². The van der Waals surface area contributed by atoms with Crippen molar-refractivity contribution in [3.05, 3.63) is 29.7 Å². The number of carbonyl (C=O) groups is 1. The monoisotopic (exact) mass is 217 g/mol. The van der Waals surface area contributed by atoms with Gasteiger partial charge in [0.1, 0.15) is 5.52 Å². The molecule has 1 aliphatic rings. The van der Waals surface area contributed by atoms with Crippen molar-refractivity contribution in [3.63, 3.8) is 0 Å². The summed E-state index contributed by atoms with van der Waals surface area (Å²) in [5, 5.41) is 8.84. The van der Waals surface area contributed by atoms with Crippen LogP contribution in [0.25, 0.3) is 11.1 Å². The summed E-state index contributed by atoms with van der Waals surface area (Å²) in [6.45, 7) is 1.97. The van der Waals surface area contributed by atoms with Crippen LogP contribution < -0.4 is 0 Å². The second-order valence-corrected chi connectivity index (χ2v) is 4.26. The molecule has 1 aromatic carbocycles. The fraction of sp³-hybridized carbons (Fsp3) is 0.333. The largest absolute Gasteiger partial charge is 0.481 e. The molecule has 1 N–H and O–H groups in total. The van der Waals surface area contributed by atoms with Gasteiger partial charge in [0.15, 0.2) is 11.5 Å². The zero-order valence-electron chi connectivity index (χ0n) is 8.80. The molecule has 1 fully saturated rings. The minimum atomic E-state index is -0.760. The third-order valence-corrected chi connectivity index (χ3v) is 3.06. The van der Waals surface area contributed by atoms with Crippen molar-refractivity contribution < 1.29 is 14.3 Å². The van der Waals surface area contributed by atoms with E-state index in [2.05, 4.69) is 4.98 Å². The molecule has 1 saturated carbocycles. The smallest absolute Gasteiger partial charge is 0.307 e. The van der Waals surface area contributed by atoms with Crippen LogP contribution in [0.1, 0.15) is 23.8 Å². The molecular weight excluding hydrogens is 206 g/mol. The Labute approximate surface area is 91.9 Å². The normalized spacial score (nSPS) is 23.6. The Balaban J connectivity index is 2.01. The van der Waals surface area contributed by atoms with Crippen molar-refractivity contribution in [2.24, 2.45) is 5.92 Å². The van der Waals surface area contributed by atoms with Crippen molar-refractivity contribution in [2.45, 2.75) is 19.3 Å². The van der Waals surface area contributed by atoms with Gasteiger partial charge in [0.05, 0.1) is 5.92 Å². The highest BCUT2D eigenvalue weighted by Gasteiger charge is 2.47. The van der Waals surface area contributed by atoms with Crippen molar-refractivity contribution in [2.75, 3.05) is 0 Å². The van der Waals surface area contributed by atoms with Gasteiger partial charge in [0, 0.05) is 5.92 Å². The van der Waals surface area contributed by atoms with Crippen molar-refractivity contribution in [1.29, 1.82) is 0 Å². The summed E-state index contributed by atoms with van der Waals surface area (Å²) >= 11 is 0. The second-order valence-electron chi connectivity index (χ2n) is 4.26. The topological polar surface area (TPSA) is 63.3 Å². The number of oxazole rings is 1. The molecule has 0 radical (unpaired) electrons.